The zero-order valence-electron chi connectivity index (χ0n) is 20.9. The molecule has 0 aromatic heterocycles. The van der Waals surface area contributed by atoms with Gasteiger partial charge in [0.05, 0.1) is 11.1 Å². The summed E-state index contributed by atoms with van der Waals surface area (Å²) in [6, 6.07) is 11.0. The van der Waals surface area contributed by atoms with Gasteiger partial charge in [-0.1, -0.05) is 6.07 Å². The first-order valence-corrected chi connectivity index (χ1v) is 12.2. The summed E-state index contributed by atoms with van der Waals surface area (Å²) in [7, 11) is 1.56. The van der Waals surface area contributed by atoms with Gasteiger partial charge >= 0.3 is 5.97 Å². The van der Waals surface area contributed by atoms with Gasteiger partial charge in [0.15, 0.2) is 0 Å². The fraction of sp³-hybridized carbons (Fsp3) is 0.370. The van der Waals surface area contributed by atoms with E-state index < -0.39 is 11.9 Å². The number of carbonyl (C=O) groups excluding carboxylic acids is 5. The van der Waals surface area contributed by atoms with Gasteiger partial charge in [0, 0.05) is 64.5 Å². The van der Waals surface area contributed by atoms with Crippen molar-refractivity contribution >= 4 is 29.6 Å². The monoisotopic (exact) mass is 507 g/mol. The lowest BCUT2D eigenvalue weighted by molar-refractivity contribution is -0.131. The van der Waals surface area contributed by atoms with Crippen LogP contribution in [0.15, 0.2) is 42.5 Å². The molecule has 0 N–H and O–H groups in total. The fourth-order valence-electron chi connectivity index (χ4n) is 4.54. The third-order valence-corrected chi connectivity index (χ3v) is 6.36. The third-order valence-electron chi connectivity index (χ3n) is 6.36. The van der Waals surface area contributed by atoms with E-state index in [9.17, 15) is 24.0 Å². The standard InChI is InChI=1S/C27H29N3O7/c1-18(31)37-21-7-3-6-19(16-21)24(32)28-10-4-11-29(14-13-28)25(33)20-8-9-22-23(17-20)27(35)30(26(22)34)12-5-15-36-2/h3,6-9,16-17H,4-5,10-15H2,1-2H3. The number of ether oxygens (including phenoxy) is 2. The Bertz CT molecular complexity index is 1240. The lowest BCUT2D eigenvalue weighted by Gasteiger charge is -2.22. The van der Waals surface area contributed by atoms with Crippen LogP contribution in [0.25, 0.3) is 0 Å². The number of esters is 1. The number of nitrogens with zero attached hydrogens (tertiary/aromatic N) is 3. The number of rotatable bonds is 7. The number of carbonyl (C=O) groups is 5. The minimum atomic E-state index is -0.468. The van der Waals surface area contributed by atoms with Crippen molar-refractivity contribution in [3.05, 3.63) is 64.7 Å². The number of fused-ring (bicyclic) bond motifs is 1. The van der Waals surface area contributed by atoms with Crippen molar-refractivity contribution in [2.24, 2.45) is 0 Å². The van der Waals surface area contributed by atoms with Gasteiger partial charge in [-0.25, -0.2) is 0 Å². The largest absolute Gasteiger partial charge is 0.427 e. The fourth-order valence-corrected chi connectivity index (χ4v) is 4.54. The van der Waals surface area contributed by atoms with Gasteiger partial charge in [-0.3, -0.25) is 28.9 Å². The van der Waals surface area contributed by atoms with Crippen LogP contribution in [-0.2, 0) is 9.53 Å². The molecule has 0 saturated carbocycles. The number of methoxy groups -OCH3 is 1. The highest BCUT2D eigenvalue weighted by Gasteiger charge is 2.36. The van der Waals surface area contributed by atoms with E-state index in [1.165, 1.54) is 30.0 Å². The van der Waals surface area contributed by atoms with Crippen LogP contribution in [0.2, 0.25) is 0 Å². The van der Waals surface area contributed by atoms with Crippen LogP contribution in [0.1, 0.15) is 61.2 Å². The van der Waals surface area contributed by atoms with Crippen LogP contribution in [0.4, 0.5) is 0 Å². The van der Waals surface area contributed by atoms with Crippen LogP contribution in [-0.4, -0.2) is 90.7 Å². The summed E-state index contributed by atoms with van der Waals surface area (Å²) in [5.74, 6) is -1.41. The summed E-state index contributed by atoms with van der Waals surface area (Å²) >= 11 is 0. The van der Waals surface area contributed by atoms with Crippen molar-refractivity contribution in [3.63, 3.8) is 0 Å². The highest BCUT2D eigenvalue weighted by atomic mass is 16.5. The molecule has 0 aliphatic carbocycles. The normalized spacial score (nSPS) is 15.5. The number of imide groups is 1. The Morgan fingerprint density at radius 1 is 0.838 bits per heavy atom. The topological polar surface area (TPSA) is 114 Å². The highest BCUT2D eigenvalue weighted by Crippen LogP contribution is 2.25. The zero-order chi connectivity index (χ0) is 26.5. The maximum Gasteiger partial charge on any atom is 0.308 e. The molecule has 2 aromatic rings. The first kappa shape index (κ1) is 26.0. The predicted molar refractivity (Wildman–Crippen MR) is 132 cm³/mol. The Morgan fingerprint density at radius 2 is 1.49 bits per heavy atom. The van der Waals surface area contributed by atoms with Crippen molar-refractivity contribution in [1.29, 1.82) is 0 Å². The van der Waals surface area contributed by atoms with E-state index in [0.29, 0.717) is 68.1 Å². The molecule has 0 unspecified atom stereocenters. The quantitative estimate of drug-likeness (QED) is 0.244. The maximum absolute atomic E-state index is 13.3. The Labute approximate surface area is 214 Å². The molecule has 4 amide bonds. The molecule has 0 bridgehead atoms. The molecule has 37 heavy (non-hydrogen) atoms. The predicted octanol–water partition coefficient (Wildman–Crippen LogP) is 2.23. The summed E-state index contributed by atoms with van der Waals surface area (Å²) in [4.78, 5) is 67.5. The molecule has 0 radical (unpaired) electrons. The van der Waals surface area contributed by atoms with Crippen LogP contribution in [0.3, 0.4) is 0 Å². The second-order valence-corrected chi connectivity index (χ2v) is 8.93. The van der Waals surface area contributed by atoms with Crippen molar-refractivity contribution in [1.82, 2.24) is 14.7 Å². The van der Waals surface area contributed by atoms with Crippen LogP contribution in [0.5, 0.6) is 5.75 Å². The molecule has 1 saturated heterocycles. The molecule has 0 spiro atoms. The number of amides is 4. The Morgan fingerprint density at radius 3 is 2.14 bits per heavy atom. The molecule has 1 fully saturated rings. The van der Waals surface area contributed by atoms with Crippen molar-refractivity contribution < 1.29 is 33.4 Å². The van der Waals surface area contributed by atoms with Gasteiger partial charge < -0.3 is 19.3 Å². The first-order chi connectivity index (χ1) is 17.8. The summed E-state index contributed by atoms with van der Waals surface area (Å²) in [6.07, 6.45) is 1.11. The van der Waals surface area contributed by atoms with E-state index >= 15 is 0 Å². The van der Waals surface area contributed by atoms with Crippen LogP contribution in [0, 0.1) is 0 Å². The molecular weight excluding hydrogens is 478 g/mol. The summed E-state index contributed by atoms with van der Waals surface area (Å²) in [5, 5.41) is 0. The number of benzene rings is 2. The number of hydrogen-bond donors (Lipinski definition) is 0. The first-order valence-electron chi connectivity index (χ1n) is 12.2. The Kier molecular flexibility index (Phi) is 7.98. The van der Waals surface area contributed by atoms with Crippen molar-refractivity contribution in [2.75, 3.05) is 46.4 Å². The molecule has 2 aromatic carbocycles. The lowest BCUT2D eigenvalue weighted by Crippen LogP contribution is -2.37. The molecular formula is C27H29N3O7. The maximum atomic E-state index is 13.3. The van der Waals surface area contributed by atoms with E-state index in [2.05, 4.69) is 0 Å². The van der Waals surface area contributed by atoms with E-state index in [1.54, 1.807) is 41.2 Å². The molecule has 4 rings (SSSR count). The van der Waals surface area contributed by atoms with Gasteiger partial charge in [-0.2, -0.15) is 0 Å². The van der Waals surface area contributed by atoms with Gasteiger partial charge in [-0.15, -0.1) is 0 Å². The van der Waals surface area contributed by atoms with Crippen LogP contribution < -0.4 is 4.74 Å². The van der Waals surface area contributed by atoms with E-state index in [4.69, 9.17) is 9.47 Å². The second-order valence-electron chi connectivity index (χ2n) is 8.93. The van der Waals surface area contributed by atoms with Crippen LogP contribution >= 0.6 is 0 Å². The van der Waals surface area contributed by atoms with Gasteiger partial charge in [0.1, 0.15) is 5.75 Å². The van der Waals surface area contributed by atoms with Gasteiger partial charge in [0.25, 0.3) is 23.6 Å². The third kappa shape index (κ3) is 5.69. The number of hydrogen-bond acceptors (Lipinski definition) is 7. The minimum absolute atomic E-state index is 0.210. The van der Waals surface area contributed by atoms with E-state index in [-0.39, 0.29) is 29.8 Å². The molecule has 0 atom stereocenters. The average molecular weight is 508 g/mol. The van der Waals surface area contributed by atoms with Gasteiger partial charge in [-0.05, 0) is 49.2 Å². The highest BCUT2D eigenvalue weighted by molar-refractivity contribution is 6.22. The smallest absolute Gasteiger partial charge is 0.308 e. The van der Waals surface area contributed by atoms with Crippen molar-refractivity contribution in [3.8, 4) is 5.75 Å². The molecule has 10 nitrogen and oxygen atoms in total. The van der Waals surface area contributed by atoms with Gasteiger partial charge in [0.2, 0.25) is 0 Å². The molecule has 2 heterocycles. The summed E-state index contributed by atoms with van der Waals surface area (Å²) in [6.45, 7) is 3.55. The SMILES string of the molecule is COCCCN1C(=O)c2ccc(C(=O)N3CCCN(C(=O)c4cccc(OC(C)=O)c4)CC3)cc2C1=O. The molecule has 10 heteroatoms. The molecule has 2 aliphatic rings. The molecule has 2 aliphatic heterocycles. The van der Waals surface area contributed by atoms with E-state index in [0.717, 1.165) is 0 Å². The summed E-state index contributed by atoms with van der Waals surface area (Å²) < 4.78 is 10.1. The zero-order valence-corrected chi connectivity index (χ0v) is 20.9. The second kappa shape index (κ2) is 11.3. The Balaban J connectivity index is 1.42. The molecule has 194 valence electrons. The van der Waals surface area contributed by atoms with E-state index in [1.807, 2.05) is 0 Å². The lowest BCUT2D eigenvalue weighted by atomic mass is 10.0. The minimum Gasteiger partial charge on any atom is -0.427 e. The summed E-state index contributed by atoms with van der Waals surface area (Å²) in [5.41, 5.74) is 1.25. The average Bonchev–Trinajstić information content (AvgIpc) is 3.04. The van der Waals surface area contributed by atoms with Crippen molar-refractivity contribution in [2.45, 2.75) is 19.8 Å². The Hall–Kier alpha value is -4.05.